The van der Waals surface area contributed by atoms with E-state index in [4.69, 9.17) is 9.47 Å². The highest BCUT2D eigenvalue weighted by Crippen LogP contribution is 2.49. The quantitative estimate of drug-likeness (QED) is 0.185. The average Bonchev–Trinajstić information content (AvgIpc) is 3.43. The number of fused-ring (bicyclic) bond motifs is 2. The normalized spacial score (nSPS) is 22.4. The first-order valence-electron chi connectivity index (χ1n) is 17.9. The standard InChI is InChI=1S/C41H55N3O6S/c1-29-13-17-35-33(27-29)40(2,3)37(43(35)22-25-49-7)19-14-30-11-9-12-31(39(30)42(6)21-10-24-45)15-20-38-41(4,5)34-28-32(51(46,47)48)16-18-36(34)44(38)23-26-50-8/h13-20,27-28,45H,9-12,21-26H2,1-8H3/p+1. The molecule has 3 aliphatic rings. The molecule has 2 aliphatic heterocycles. The maximum absolute atomic E-state index is 12.1. The Labute approximate surface area is 305 Å². The molecule has 0 aromatic heterocycles. The van der Waals surface area contributed by atoms with Crippen LogP contribution in [0.15, 0.2) is 88.1 Å². The minimum absolute atomic E-state index is 0.109. The summed E-state index contributed by atoms with van der Waals surface area (Å²) in [4.78, 5) is 4.48. The molecular weight excluding hydrogens is 663 g/mol. The number of hydrogen-bond acceptors (Lipinski definition) is 7. The summed E-state index contributed by atoms with van der Waals surface area (Å²) in [5.41, 5.74) is 10.8. The minimum Gasteiger partial charge on any atom is -0.396 e. The number of aliphatic hydroxyl groups excluding tert-OH is 1. The van der Waals surface area contributed by atoms with Gasteiger partial charge in [0.2, 0.25) is 5.71 Å². The molecule has 0 saturated heterocycles. The monoisotopic (exact) mass is 718 g/mol. The second-order valence-electron chi connectivity index (χ2n) is 14.9. The van der Waals surface area contributed by atoms with E-state index in [0.29, 0.717) is 26.2 Å². The zero-order chi connectivity index (χ0) is 37.1. The molecule has 0 radical (unpaired) electrons. The highest BCUT2D eigenvalue weighted by Gasteiger charge is 2.42. The molecule has 1 saturated carbocycles. The molecule has 0 atom stereocenters. The lowest BCUT2D eigenvalue weighted by atomic mass is 9.82. The highest BCUT2D eigenvalue weighted by atomic mass is 32.2. The van der Waals surface area contributed by atoms with Crippen molar-refractivity contribution in [2.24, 2.45) is 0 Å². The van der Waals surface area contributed by atoms with Crippen LogP contribution in [0.4, 0.5) is 11.4 Å². The Morgan fingerprint density at radius 1 is 0.824 bits per heavy atom. The van der Waals surface area contributed by atoms with Crippen molar-refractivity contribution >= 4 is 27.2 Å². The van der Waals surface area contributed by atoms with Crippen LogP contribution in [0.1, 0.15) is 70.1 Å². The summed E-state index contributed by atoms with van der Waals surface area (Å²) in [5, 5.41) is 9.75. The molecule has 9 nitrogen and oxygen atoms in total. The predicted octanol–water partition coefficient (Wildman–Crippen LogP) is 6.70. The van der Waals surface area contributed by atoms with E-state index in [9.17, 15) is 18.1 Å². The Balaban J connectivity index is 1.60. The molecule has 2 aromatic carbocycles. The van der Waals surface area contributed by atoms with E-state index in [1.54, 1.807) is 26.4 Å². The third-order valence-electron chi connectivity index (χ3n) is 10.7. The van der Waals surface area contributed by atoms with Crippen LogP contribution in [-0.2, 0) is 30.4 Å². The first-order valence-corrected chi connectivity index (χ1v) is 19.4. The van der Waals surface area contributed by atoms with Crippen molar-refractivity contribution in [1.82, 2.24) is 0 Å². The minimum atomic E-state index is -4.35. The Morgan fingerprint density at radius 3 is 1.82 bits per heavy atom. The molecule has 0 spiro atoms. The fourth-order valence-corrected chi connectivity index (χ4v) is 8.46. The number of aryl methyl sites for hydroxylation is 1. The second-order valence-corrected chi connectivity index (χ2v) is 16.3. The van der Waals surface area contributed by atoms with Crippen molar-refractivity contribution in [2.75, 3.05) is 70.5 Å². The molecular formula is C41H56N3O6S+. The predicted molar refractivity (Wildman–Crippen MR) is 206 cm³/mol. The lowest BCUT2D eigenvalue weighted by Gasteiger charge is -2.27. The van der Waals surface area contributed by atoms with Crippen LogP contribution >= 0.6 is 0 Å². The third-order valence-corrected chi connectivity index (χ3v) is 11.5. The van der Waals surface area contributed by atoms with Crippen LogP contribution < -0.4 is 9.80 Å². The second kappa shape index (κ2) is 15.6. The lowest BCUT2D eigenvalue weighted by Crippen LogP contribution is -2.29. The molecule has 5 rings (SSSR count). The van der Waals surface area contributed by atoms with Gasteiger partial charge in [-0.15, -0.1) is 0 Å². The Morgan fingerprint density at radius 2 is 1.33 bits per heavy atom. The number of hydrogen-bond donors (Lipinski definition) is 2. The van der Waals surface area contributed by atoms with Crippen LogP contribution in [0.3, 0.4) is 0 Å². The zero-order valence-corrected chi connectivity index (χ0v) is 32.4. The number of ether oxygens (including phenoxy) is 2. The van der Waals surface area contributed by atoms with Gasteiger partial charge in [0.1, 0.15) is 13.6 Å². The van der Waals surface area contributed by atoms with Crippen molar-refractivity contribution in [3.05, 3.63) is 99.9 Å². The van der Waals surface area contributed by atoms with Gasteiger partial charge >= 0.3 is 0 Å². The first kappa shape index (κ1) is 38.7. The van der Waals surface area contributed by atoms with E-state index < -0.39 is 15.5 Å². The Bertz CT molecular complexity index is 1900. The van der Waals surface area contributed by atoms with Gasteiger partial charge in [0.15, 0.2) is 0 Å². The van der Waals surface area contributed by atoms with Crippen molar-refractivity contribution < 1.29 is 32.1 Å². The molecule has 0 unspecified atom stereocenters. The molecule has 2 heterocycles. The van der Waals surface area contributed by atoms with Crippen LogP contribution in [0.2, 0.25) is 0 Å². The van der Waals surface area contributed by atoms with Gasteiger partial charge in [0, 0.05) is 85.1 Å². The van der Waals surface area contributed by atoms with E-state index in [1.165, 1.54) is 45.4 Å². The summed E-state index contributed by atoms with van der Waals surface area (Å²) in [5.74, 6) is 0. The van der Waals surface area contributed by atoms with E-state index in [1.807, 2.05) is 0 Å². The summed E-state index contributed by atoms with van der Waals surface area (Å²) in [6.07, 6.45) is 12.5. The molecule has 10 heteroatoms. The summed E-state index contributed by atoms with van der Waals surface area (Å²) < 4.78 is 47.3. The average molecular weight is 719 g/mol. The van der Waals surface area contributed by atoms with Gasteiger partial charge in [-0.1, -0.05) is 57.5 Å². The summed E-state index contributed by atoms with van der Waals surface area (Å²) in [6, 6.07) is 11.5. The molecule has 1 fully saturated rings. The highest BCUT2D eigenvalue weighted by molar-refractivity contribution is 7.85. The van der Waals surface area contributed by atoms with Crippen LogP contribution in [0, 0.1) is 6.92 Å². The number of nitrogens with zero attached hydrogens (tertiary/aromatic N) is 3. The Hall–Kier alpha value is -3.54. The zero-order valence-electron chi connectivity index (χ0n) is 31.6. The van der Waals surface area contributed by atoms with Gasteiger partial charge in [-0.05, 0) is 73.7 Å². The SMILES string of the molecule is COCCN1C(=CC=C2CCC/C(=C\C=C3\N(CCOC)c4ccc(S(=O)(=O)O)cc4C3(C)C)C2=[N+](C)CCCO)C(C)(C)c2cc(C)ccc21. The molecule has 2 N–H and O–H groups in total. The van der Waals surface area contributed by atoms with E-state index >= 15 is 0 Å². The molecule has 1 aliphatic carbocycles. The van der Waals surface area contributed by atoms with E-state index in [2.05, 4.69) is 98.5 Å². The number of benzene rings is 2. The third kappa shape index (κ3) is 7.81. The fourth-order valence-electron chi connectivity index (χ4n) is 7.96. The molecule has 2 aromatic rings. The van der Waals surface area contributed by atoms with Crippen molar-refractivity contribution in [3.8, 4) is 0 Å². The molecule has 0 amide bonds. The van der Waals surface area contributed by atoms with Gasteiger partial charge in [-0.2, -0.15) is 8.42 Å². The number of rotatable bonds is 12. The number of anilines is 2. The topological polar surface area (TPSA) is 103 Å². The number of allylic oxidation sites excluding steroid dienone is 8. The number of aliphatic hydroxyl groups is 1. The fraction of sp³-hybridized carbons (Fsp3) is 0.488. The van der Waals surface area contributed by atoms with Crippen molar-refractivity contribution in [2.45, 2.75) is 76.0 Å². The van der Waals surface area contributed by atoms with Gasteiger partial charge in [-0.25, -0.2) is 4.58 Å². The molecule has 0 bridgehead atoms. The van der Waals surface area contributed by atoms with E-state index in [-0.39, 0.29) is 16.9 Å². The molecule has 51 heavy (non-hydrogen) atoms. The van der Waals surface area contributed by atoms with E-state index in [0.717, 1.165) is 49.3 Å². The summed E-state index contributed by atoms with van der Waals surface area (Å²) in [7, 11) is 1.18. The van der Waals surface area contributed by atoms with Crippen LogP contribution in [0.5, 0.6) is 0 Å². The number of methoxy groups -OCH3 is 2. The largest absolute Gasteiger partial charge is 0.396 e. The maximum Gasteiger partial charge on any atom is 0.294 e. The van der Waals surface area contributed by atoms with Gasteiger partial charge in [0.05, 0.1) is 18.1 Å². The van der Waals surface area contributed by atoms with Crippen LogP contribution in [-0.4, -0.2) is 89.1 Å². The van der Waals surface area contributed by atoms with Gasteiger partial charge in [0.25, 0.3) is 10.1 Å². The molecule has 276 valence electrons. The van der Waals surface area contributed by atoms with Crippen molar-refractivity contribution in [3.63, 3.8) is 0 Å². The van der Waals surface area contributed by atoms with Gasteiger partial charge in [-0.3, -0.25) is 4.55 Å². The Kier molecular flexibility index (Phi) is 11.8. The summed E-state index contributed by atoms with van der Waals surface area (Å²) in [6.45, 7) is 14.2. The van der Waals surface area contributed by atoms with Crippen molar-refractivity contribution in [1.29, 1.82) is 0 Å². The maximum atomic E-state index is 12.1. The first-order chi connectivity index (χ1) is 24.2. The van der Waals surface area contributed by atoms with Crippen LogP contribution in [0.25, 0.3) is 0 Å². The summed E-state index contributed by atoms with van der Waals surface area (Å²) >= 11 is 0. The van der Waals surface area contributed by atoms with Gasteiger partial charge < -0.3 is 24.4 Å². The lowest BCUT2D eigenvalue weighted by molar-refractivity contribution is -0.497. The smallest absolute Gasteiger partial charge is 0.294 e.